The molecule has 0 fully saturated rings. The Labute approximate surface area is 111 Å². The van der Waals surface area contributed by atoms with Gasteiger partial charge < -0.3 is 9.84 Å². The van der Waals surface area contributed by atoms with Crippen molar-refractivity contribution in [2.24, 2.45) is 0 Å². The molecule has 0 saturated heterocycles. The molecule has 2 aromatic carbocycles. The Balaban J connectivity index is 2.22. The van der Waals surface area contributed by atoms with Crippen LogP contribution in [0.4, 0.5) is 0 Å². The maximum Gasteiger partial charge on any atom is 0.149 e. The fraction of sp³-hybridized carbons (Fsp3) is 0.0625. The Morgan fingerprint density at radius 2 is 1.84 bits per heavy atom. The molecule has 0 aliphatic carbocycles. The highest BCUT2D eigenvalue weighted by Gasteiger charge is 2.10. The lowest BCUT2D eigenvalue weighted by Crippen LogP contribution is -1.88. The van der Waals surface area contributed by atoms with Crippen LogP contribution in [0.3, 0.4) is 0 Å². The van der Waals surface area contributed by atoms with Gasteiger partial charge in [0.2, 0.25) is 0 Å². The summed E-state index contributed by atoms with van der Waals surface area (Å²) in [6.45, 7) is 0. The molecule has 1 N–H and O–H groups in total. The van der Waals surface area contributed by atoms with Gasteiger partial charge in [0.1, 0.15) is 17.2 Å². The molecule has 3 aromatic rings. The van der Waals surface area contributed by atoms with Gasteiger partial charge in [0.05, 0.1) is 7.11 Å². The van der Waals surface area contributed by atoms with Crippen LogP contribution in [-0.4, -0.2) is 17.2 Å². The van der Waals surface area contributed by atoms with Gasteiger partial charge in [-0.15, -0.1) is 0 Å². The van der Waals surface area contributed by atoms with E-state index >= 15 is 0 Å². The normalized spacial score (nSPS) is 10.6. The van der Waals surface area contributed by atoms with Gasteiger partial charge in [0.15, 0.2) is 0 Å². The summed E-state index contributed by atoms with van der Waals surface area (Å²) in [5.74, 6) is 0.951. The largest absolute Gasteiger partial charge is 0.505 e. The van der Waals surface area contributed by atoms with Crippen molar-refractivity contribution in [3.8, 4) is 22.8 Å². The number of aromatic nitrogens is 1. The van der Waals surface area contributed by atoms with Gasteiger partial charge in [-0.05, 0) is 18.2 Å². The Hall–Kier alpha value is -2.55. The number of nitrogens with zero attached hydrogens (tertiary/aromatic N) is 1. The molecule has 1 aromatic heterocycles. The molecule has 0 aliphatic rings. The van der Waals surface area contributed by atoms with Crippen LogP contribution in [0.5, 0.6) is 11.5 Å². The van der Waals surface area contributed by atoms with Crippen molar-refractivity contribution >= 4 is 10.8 Å². The van der Waals surface area contributed by atoms with Crippen molar-refractivity contribution in [3.63, 3.8) is 0 Å². The minimum atomic E-state index is 0.200. The summed E-state index contributed by atoms with van der Waals surface area (Å²) < 4.78 is 5.17. The number of ether oxygens (including phenoxy) is 1. The molecule has 3 rings (SSSR count). The fourth-order valence-electron chi connectivity index (χ4n) is 2.12. The van der Waals surface area contributed by atoms with Crippen LogP contribution in [0.25, 0.3) is 22.0 Å². The maximum absolute atomic E-state index is 10.4. The van der Waals surface area contributed by atoms with Crippen molar-refractivity contribution in [1.29, 1.82) is 0 Å². The predicted octanol–water partition coefficient (Wildman–Crippen LogP) is 3.62. The molecule has 0 unspecified atom stereocenters. The van der Waals surface area contributed by atoms with E-state index in [9.17, 15) is 5.11 Å². The number of hydrogen-bond acceptors (Lipinski definition) is 3. The Bertz CT molecular complexity index is 723. The summed E-state index contributed by atoms with van der Waals surface area (Å²) in [5.41, 5.74) is 1.50. The Kier molecular flexibility index (Phi) is 2.80. The molecule has 0 aliphatic heterocycles. The van der Waals surface area contributed by atoms with Crippen LogP contribution in [-0.2, 0) is 0 Å². The summed E-state index contributed by atoms with van der Waals surface area (Å²) in [6.07, 6.45) is 1.75. The fourth-order valence-corrected chi connectivity index (χ4v) is 2.12. The molecule has 0 bridgehead atoms. The molecule has 0 radical (unpaired) electrons. The number of pyridine rings is 1. The van der Waals surface area contributed by atoms with E-state index in [0.717, 1.165) is 22.1 Å². The van der Waals surface area contributed by atoms with E-state index in [1.807, 2.05) is 48.5 Å². The highest BCUT2D eigenvalue weighted by atomic mass is 16.5. The van der Waals surface area contributed by atoms with Crippen LogP contribution >= 0.6 is 0 Å². The van der Waals surface area contributed by atoms with Crippen LogP contribution in [0.15, 0.2) is 54.7 Å². The van der Waals surface area contributed by atoms with Crippen molar-refractivity contribution in [1.82, 2.24) is 4.98 Å². The van der Waals surface area contributed by atoms with E-state index < -0.39 is 0 Å². The smallest absolute Gasteiger partial charge is 0.149 e. The number of benzene rings is 2. The standard InChI is InChI=1S/C16H13NO2/c1-19-13-7-8-14-12(9-13)10-17-15(16(14)18)11-5-3-2-4-6-11/h2-10,18H,1H3. The molecule has 0 atom stereocenters. The Morgan fingerprint density at radius 1 is 1.05 bits per heavy atom. The molecule has 0 spiro atoms. The molecule has 19 heavy (non-hydrogen) atoms. The first-order valence-electron chi connectivity index (χ1n) is 6.01. The lowest BCUT2D eigenvalue weighted by atomic mass is 10.1. The first-order valence-corrected chi connectivity index (χ1v) is 6.01. The lowest BCUT2D eigenvalue weighted by Gasteiger charge is -2.08. The second kappa shape index (κ2) is 4.61. The first-order chi connectivity index (χ1) is 9.29. The molecule has 1 heterocycles. The zero-order chi connectivity index (χ0) is 13.2. The van der Waals surface area contributed by atoms with Crippen LogP contribution in [0.2, 0.25) is 0 Å². The van der Waals surface area contributed by atoms with Crippen molar-refractivity contribution in [2.75, 3.05) is 7.11 Å². The maximum atomic E-state index is 10.4. The molecular weight excluding hydrogens is 238 g/mol. The summed E-state index contributed by atoms with van der Waals surface area (Å²) in [7, 11) is 1.62. The third-order valence-corrected chi connectivity index (χ3v) is 3.12. The summed E-state index contributed by atoms with van der Waals surface area (Å²) in [4.78, 5) is 4.35. The van der Waals surface area contributed by atoms with E-state index in [4.69, 9.17) is 4.74 Å². The zero-order valence-electron chi connectivity index (χ0n) is 10.5. The quantitative estimate of drug-likeness (QED) is 0.756. The SMILES string of the molecule is COc1ccc2c(O)c(-c3ccccc3)ncc2c1. The number of fused-ring (bicyclic) bond motifs is 1. The zero-order valence-corrected chi connectivity index (χ0v) is 10.5. The predicted molar refractivity (Wildman–Crippen MR) is 75.4 cm³/mol. The van der Waals surface area contributed by atoms with Crippen molar-refractivity contribution in [2.45, 2.75) is 0 Å². The van der Waals surface area contributed by atoms with Gasteiger partial charge >= 0.3 is 0 Å². The molecule has 3 nitrogen and oxygen atoms in total. The summed E-state index contributed by atoms with van der Waals surface area (Å²) >= 11 is 0. The minimum absolute atomic E-state index is 0.200. The van der Waals surface area contributed by atoms with Crippen LogP contribution < -0.4 is 4.74 Å². The number of rotatable bonds is 2. The first kappa shape index (κ1) is 11.5. The van der Waals surface area contributed by atoms with Crippen LogP contribution in [0.1, 0.15) is 0 Å². The number of aromatic hydroxyl groups is 1. The lowest BCUT2D eigenvalue weighted by molar-refractivity contribution is 0.415. The molecule has 0 saturated carbocycles. The van der Waals surface area contributed by atoms with Gasteiger partial charge in [-0.1, -0.05) is 30.3 Å². The van der Waals surface area contributed by atoms with E-state index in [0.29, 0.717) is 5.69 Å². The summed E-state index contributed by atoms with van der Waals surface area (Å²) in [5, 5.41) is 12.0. The van der Waals surface area contributed by atoms with E-state index in [2.05, 4.69) is 4.98 Å². The van der Waals surface area contributed by atoms with Crippen LogP contribution in [0, 0.1) is 0 Å². The molecular formula is C16H13NO2. The Morgan fingerprint density at radius 3 is 2.58 bits per heavy atom. The minimum Gasteiger partial charge on any atom is -0.505 e. The van der Waals surface area contributed by atoms with E-state index in [1.54, 1.807) is 13.3 Å². The number of hydrogen-bond donors (Lipinski definition) is 1. The topological polar surface area (TPSA) is 42.4 Å². The second-order valence-corrected chi connectivity index (χ2v) is 4.27. The third kappa shape index (κ3) is 1.99. The number of methoxy groups -OCH3 is 1. The third-order valence-electron chi connectivity index (χ3n) is 3.12. The average molecular weight is 251 g/mol. The van der Waals surface area contributed by atoms with Gasteiger partial charge in [-0.25, -0.2) is 0 Å². The highest BCUT2D eigenvalue weighted by Crippen LogP contribution is 2.34. The second-order valence-electron chi connectivity index (χ2n) is 4.27. The molecule has 0 amide bonds. The average Bonchev–Trinajstić information content (AvgIpc) is 2.48. The van der Waals surface area contributed by atoms with Crippen molar-refractivity contribution in [3.05, 3.63) is 54.7 Å². The van der Waals surface area contributed by atoms with Crippen molar-refractivity contribution < 1.29 is 9.84 Å². The van der Waals surface area contributed by atoms with Gasteiger partial charge in [0, 0.05) is 22.5 Å². The van der Waals surface area contributed by atoms with E-state index in [1.165, 1.54) is 0 Å². The monoisotopic (exact) mass is 251 g/mol. The summed E-state index contributed by atoms with van der Waals surface area (Å²) in [6, 6.07) is 15.2. The van der Waals surface area contributed by atoms with Gasteiger partial charge in [0.25, 0.3) is 0 Å². The molecule has 3 heteroatoms. The van der Waals surface area contributed by atoms with Gasteiger partial charge in [-0.3, -0.25) is 4.98 Å². The van der Waals surface area contributed by atoms with Gasteiger partial charge in [-0.2, -0.15) is 0 Å². The molecule has 94 valence electrons. The van der Waals surface area contributed by atoms with E-state index in [-0.39, 0.29) is 5.75 Å². The highest BCUT2D eigenvalue weighted by molar-refractivity contribution is 5.93.